The van der Waals surface area contributed by atoms with E-state index in [1.165, 1.54) is 0 Å². The van der Waals surface area contributed by atoms with Crippen molar-refractivity contribution in [1.82, 2.24) is 5.32 Å². The Hall–Kier alpha value is -2.07. The van der Waals surface area contributed by atoms with Crippen LogP contribution >= 0.6 is 0 Å². The highest BCUT2D eigenvalue weighted by Gasteiger charge is 2.25. The van der Waals surface area contributed by atoms with Gasteiger partial charge in [-0.3, -0.25) is 4.79 Å². The van der Waals surface area contributed by atoms with Crippen molar-refractivity contribution in [2.45, 2.75) is 19.0 Å². The fraction of sp³-hybridized carbons (Fsp3) is 0.267. The molecule has 0 bridgehead atoms. The van der Waals surface area contributed by atoms with Crippen LogP contribution < -0.4 is 10.6 Å². The molecule has 4 heteroatoms. The topological polar surface area (TPSA) is 58.9 Å². The van der Waals surface area contributed by atoms with Crippen molar-refractivity contribution in [3.8, 4) is 0 Å². The van der Waals surface area contributed by atoms with E-state index in [2.05, 4.69) is 5.32 Å². The van der Waals surface area contributed by atoms with E-state index in [-0.39, 0.29) is 18.0 Å². The molecular formula is C15H19N2O2+. The molecule has 0 radical (unpaired) electrons. The first kappa shape index (κ1) is 13.4. The van der Waals surface area contributed by atoms with Gasteiger partial charge in [0, 0.05) is 12.6 Å². The number of carbonyl (C=O) groups excluding carboxylic acids is 1. The Kier molecular flexibility index (Phi) is 4.36. The molecule has 2 rings (SSSR count). The summed E-state index contributed by atoms with van der Waals surface area (Å²) in [6, 6.07) is 13.6. The molecule has 0 unspecified atom stereocenters. The van der Waals surface area contributed by atoms with Gasteiger partial charge in [-0.05, 0) is 19.1 Å². The maximum absolute atomic E-state index is 11.7. The van der Waals surface area contributed by atoms with E-state index >= 15 is 0 Å². The summed E-state index contributed by atoms with van der Waals surface area (Å²) in [6.45, 7) is 1.89. The molecule has 1 heterocycles. The highest BCUT2D eigenvalue weighted by molar-refractivity contribution is 5.79. The highest BCUT2D eigenvalue weighted by atomic mass is 16.3. The second-order valence-electron chi connectivity index (χ2n) is 4.50. The molecule has 0 fully saturated rings. The number of likely N-dealkylation sites (N-methyl/N-ethyl adjacent to an activating group) is 1. The Morgan fingerprint density at radius 1 is 1.21 bits per heavy atom. The molecule has 19 heavy (non-hydrogen) atoms. The maximum Gasteiger partial charge on any atom is 0.277 e. The van der Waals surface area contributed by atoms with Crippen molar-refractivity contribution in [3.63, 3.8) is 0 Å². The summed E-state index contributed by atoms with van der Waals surface area (Å²) in [6.07, 6.45) is 1.66. The first-order chi connectivity index (χ1) is 9.22. The van der Waals surface area contributed by atoms with Crippen LogP contribution in [0.25, 0.3) is 0 Å². The predicted octanol–water partition coefficient (Wildman–Crippen LogP) is 1.07. The smallest absolute Gasteiger partial charge is 0.277 e. The molecule has 0 aliphatic carbocycles. The number of amides is 1. The zero-order chi connectivity index (χ0) is 13.7. The first-order valence-corrected chi connectivity index (χ1v) is 6.37. The zero-order valence-electron chi connectivity index (χ0n) is 11.2. The Balaban J connectivity index is 2.24. The van der Waals surface area contributed by atoms with Crippen molar-refractivity contribution < 1.29 is 14.5 Å². The Morgan fingerprint density at radius 3 is 2.53 bits per heavy atom. The average molecular weight is 259 g/mol. The van der Waals surface area contributed by atoms with Crippen LogP contribution in [0.15, 0.2) is 53.1 Å². The van der Waals surface area contributed by atoms with Crippen LogP contribution in [-0.2, 0) is 4.79 Å². The summed E-state index contributed by atoms with van der Waals surface area (Å²) < 4.78 is 5.50. The van der Waals surface area contributed by atoms with Crippen molar-refractivity contribution >= 4 is 5.91 Å². The summed E-state index contributed by atoms with van der Waals surface area (Å²) in [4.78, 5) is 11.7. The molecule has 1 amide bonds. The Bertz CT molecular complexity index is 508. The van der Waals surface area contributed by atoms with Gasteiger partial charge in [0.05, 0.1) is 6.26 Å². The van der Waals surface area contributed by atoms with Crippen LogP contribution in [0.4, 0.5) is 0 Å². The number of nitrogens with one attached hydrogen (secondary N) is 1. The van der Waals surface area contributed by atoms with Crippen LogP contribution in [0.3, 0.4) is 0 Å². The molecule has 2 aromatic rings. The number of furan rings is 1. The quantitative estimate of drug-likeness (QED) is 0.843. The monoisotopic (exact) mass is 259 g/mol. The lowest BCUT2D eigenvalue weighted by Crippen LogP contribution is -2.92. The lowest BCUT2D eigenvalue weighted by molar-refractivity contribution is -0.706. The number of rotatable bonds is 5. The highest BCUT2D eigenvalue weighted by Crippen LogP contribution is 2.18. The van der Waals surface area contributed by atoms with E-state index in [1.54, 1.807) is 13.3 Å². The van der Waals surface area contributed by atoms with Crippen molar-refractivity contribution in [2.75, 3.05) is 7.05 Å². The molecule has 100 valence electrons. The van der Waals surface area contributed by atoms with Gasteiger partial charge in [-0.2, -0.15) is 0 Å². The van der Waals surface area contributed by atoms with E-state index in [0.29, 0.717) is 0 Å². The number of hydrogen-bond acceptors (Lipinski definition) is 2. The largest absolute Gasteiger partial charge is 0.463 e. The standard InChI is InChI=1S/C15H18N2O2/c1-11(15(18)16-2)17-14(13-9-6-10-19-13)12-7-4-3-5-8-12/h3-11,14,17H,1-2H3,(H,16,18)/p+1/t11-,14-/m1/s1. The number of carbonyl (C=O) groups is 1. The summed E-state index contributed by atoms with van der Waals surface area (Å²) >= 11 is 0. The normalized spacial score (nSPS) is 13.8. The predicted molar refractivity (Wildman–Crippen MR) is 72.4 cm³/mol. The number of quaternary nitrogens is 1. The molecule has 4 nitrogen and oxygen atoms in total. The van der Waals surface area contributed by atoms with Gasteiger partial charge < -0.3 is 15.1 Å². The number of benzene rings is 1. The van der Waals surface area contributed by atoms with Gasteiger partial charge in [-0.1, -0.05) is 30.3 Å². The summed E-state index contributed by atoms with van der Waals surface area (Å²) in [5.41, 5.74) is 1.12. The van der Waals surface area contributed by atoms with Gasteiger partial charge in [-0.15, -0.1) is 0 Å². The first-order valence-electron chi connectivity index (χ1n) is 6.37. The van der Waals surface area contributed by atoms with Crippen LogP contribution in [-0.4, -0.2) is 19.0 Å². The van der Waals surface area contributed by atoms with E-state index < -0.39 is 0 Å². The third-order valence-corrected chi connectivity index (χ3v) is 3.15. The van der Waals surface area contributed by atoms with Crippen LogP contribution in [0.2, 0.25) is 0 Å². The van der Waals surface area contributed by atoms with Crippen molar-refractivity contribution in [3.05, 3.63) is 60.1 Å². The minimum absolute atomic E-state index is 0.00693. The van der Waals surface area contributed by atoms with Gasteiger partial charge in [0.2, 0.25) is 0 Å². The molecule has 1 aromatic carbocycles. The lowest BCUT2D eigenvalue weighted by atomic mass is 10.0. The fourth-order valence-electron chi connectivity index (χ4n) is 2.10. The molecule has 2 atom stereocenters. The van der Waals surface area contributed by atoms with E-state index in [0.717, 1.165) is 11.3 Å². The molecular weight excluding hydrogens is 240 g/mol. The molecule has 0 aliphatic rings. The molecule has 0 saturated heterocycles. The lowest BCUT2D eigenvalue weighted by Gasteiger charge is -2.17. The minimum atomic E-state index is -0.180. The van der Waals surface area contributed by atoms with Crippen LogP contribution in [0, 0.1) is 0 Å². The maximum atomic E-state index is 11.7. The van der Waals surface area contributed by atoms with Gasteiger partial charge in [0.15, 0.2) is 17.8 Å². The van der Waals surface area contributed by atoms with Gasteiger partial charge in [0.1, 0.15) is 0 Å². The van der Waals surface area contributed by atoms with Crippen molar-refractivity contribution in [2.24, 2.45) is 0 Å². The molecule has 1 aromatic heterocycles. The summed E-state index contributed by atoms with van der Waals surface area (Å²) in [5, 5.41) is 4.67. The van der Waals surface area contributed by atoms with Crippen LogP contribution in [0.1, 0.15) is 24.3 Å². The van der Waals surface area contributed by atoms with E-state index in [1.807, 2.05) is 54.7 Å². The number of hydrogen-bond donors (Lipinski definition) is 2. The van der Waals surface area contributed by atoms with Gasteiger partial charge in [-0.25, -0.2) is 0 Å². The number of nitrogens with two attached hydrogens (primary N) is 1. The molecule has 0 aliphatic heterocycles. The molecule has 0 saturated carbocycles. The van der Waals surface area contributed by atoms with Gasteiger partial charge in [0.25, 0.3) is 5.91 Å². The average Bonchev–Trinajstić information content (AvgIpc) is 2.98. The summed E-state index contributed by atoms with van der Waals surface area (Å²) in [7, 11) is 1.65. The Labute approximate surface area is 112 Å². The van der Waals surface area contributed by atoms with Crippen LogP contribution in [0.5, 0.6) is 0 Å². The SMILES string of the molecule is CNC(=O)[C@@H](C)[NH2+][C@H](c1ccccc1)c1ccco1. The second-order valence-corrected chi connectivity index (χ2v) is 4.50. The molecule has 3 N–H and O–H groups in total. The summed E-state index contributed by atoms with van der Waals surface area (Å²) in [5.74, 6) is 0.856. The zero-order valence-corrected chi connectivity index (χ0v) is 11.2. The molecule has 0 spiro atoms. The van der Waals surface area contributed by atoms with Crippen molar-refractivity contribution in [1.29, 1.82) is 0 Å². The van der Waals surface area contributed by atoms with E-state index in [4.69, 9.17) is 4.42 Å². The fourth-order valence-corrected chi connectivity index (χ4v) is 2.10. The third kappa shape index (κ3) is 3.23. The van der Waals surface area contributed by atoms with E-state index in [9.17, 15) is 4.79 Å². The Morgan fingerprint density at radius 2 is 1.95 bits per heavy atom. The van der Waals surface area contributed by atoms with Gasteiger partial charge >= 0.3 is 0 Å². The second kappa shape index (κ2) is 6.20. The third-order valence-electron chi connectivity index (χ3n) is 3.15. The minimum Gasteiger partial charge on any atom is -0.463 e.